The molecule has 5 heteroatoms. The normalized spacial score (nSPS) is 11.7. The fourth-order valence-electron chi connectivity index (χ4n) is 2.24. The number of imidazole rings is 1. The van der Waals surface area contributed by atoms with Gasteiger partial charge in [0, 0.05) is 25.0 Å². The minimum atomic E-state index is -0.187. The molecule has 2 aromatic rings. The zero-order valence-corrected chi connectivity index (χ0v) is 12.2. The Morgan fingerprint density at radius 1 is 1.52 bits per heavy atom. The van der Waals surface area contributed by atoms with E-state index in [4.69, 9.17) is 5.26 Å². The number of nitrogens with zero attached hydrogens (tertiary/aromatic N) is 3. The van der Waals surface area contributed by atoms with Crippen molar-refractivity contribution in [3.63, 3.8) is 0 Å². The average molecular weight is 282 g/mol. The van der Waals surface area contributed by atoms with Crippen LogP contribution >= 0.6 is 0 Å². The number of nitriles is 1. The Kier molecular flexibility index (Phi) is 4.72. The summed E-state index contributed by atoms with van der Waals surface area (Å²) in [6.45, 7) is 2.07. The van der Waals surface area contributed by atoms with Crippen molar-refractivity contribution in [1.29, 1.82) is 5.26 Å². The summed E-state index contributed by atoms with van der Waals surface area (Å²) < 4.78 is 1.91. The molecule has 0 bridgehead atoms. The summed E-state index contributed by atoms with van der Waals surface area (Å²) in [7, 11) is 1.91. The van der Waals surface area contributed by atoms with Gasteiger partial charge in [-0.25, -0.2) is 4.98 Å². The van der Waals surface area contributed by atoms with E-state index < -0.39 is 0 Å². The number of carbonyl (C=O) groups is 1. The lowest BCUT2D eigenvalue weighted by Gasteiger charge is -2.18. The molecule has 2 rings (SSSR count). The van der Waals surface area contributed by atoms with Crippen LogP contribution in [0.5, 0.6) is 0 Å². The molecular weight excluding hydrogens is 264 g/mol. The molecule has 1 N–H and O–H groups in total. The van der Waals surface area contributed by atoms with E-state index >= 15 is 0 Å². The van der Waals surface area contributed by atoms with Crippen LogP contribution < -0.4 is 5.32 Å². The zero-order chi connectivity index (χ0) is 15.2. The van der Waals surface area contributed by atoms with Crippen molar-refractivity contribution >= 4 is 5.91 Å². The number of carbonyl (C=O) groups excluding carboxylic acids is 1. The molecule has 0 aliphatic carbocycles. The molecule has 1 amide bonds. The van der Waals surface area contributed by atoms with E-state index in [1.807, 2.05) is 23.9 Å². The van der Waals surface area contributed by atoms with E-state index in [1.54, 1.807) is 30.5 Å². The first-order valence-electron chi connectivity index (χ1n) is 6.94. The second-order valence-corrected chi connectivity index (χ2v) is 4.90. The Bertz CT molecular complexity index is 669. The molecule has 1 aromatic heterocycles. The Balaban J connectivity index is 2.19. The number of hydrogen-bond acceptors (Lipinski definition) is 3. The molecule has 0 aliphatic rings. The molecule has 0 radical (unpaired) electrons. The molecule has 0 aliphatic heterocycles. The molecule has 0 saturated heterocycles. The number of benzene rings is 1. The molecule has 0 spiro atoms. The molecule has 21 heavy (non-hydrogen) atoms. The molecule has 1 aromatic carbocycles. The van der Waals surface area contributed by atoms with Crippen molar-refractivity contribution in [2.75, 3.05) is 0 Å². The second-order valence-electron chi connectivity index (χ2n) is 4.90. The minimum Gasteiger partial charge on any atom is -0.342 e. The van der Waals surface area contributed by atoms with E-state index in [-0.39, 0.29) is 11.9 Å². The van der Waals surface area contributed by atoms with Crippen LogP contribution in [0.4, 0.5) is 0 Å². The molecule has 0 unspecified atom stereocenters. The van der Waals surface area contributed by atoms with Gasteiger partial charge in [-0.2, -0.15) is 5.26 Å². The van der Waals surface area contributed by atoms with Gasteiger partial charge in [-0.05, 0) is 24.6 Å². The van der Waals surface area contributed by atoms with Crippen LogP contribution in [-0.2, 0) is 7.05 Å². The summed E-state index contributed by atoms with van der Waals surface area (Å²) in [5, 5.41) is 11.9. The maximum Gasteiger partial charge on any atom is 0.251 e. The first-order valence-corrected chi connectivity index (χ1v) is 6.94. The van der Waals surface area contributed by atoms with Gasteiger partial charge >= 0.3 is 0 Å². The first-order chi connectivity index (χ1) is 10.2. The van der Waals surface area contributed by atoms with Crippen LogP contribution in [-0.4, -0.2) is 15.5 Å². The predicted molar refractivity (Wildman–Crippen MR) is 79.5 cm³/mol. The standard InChI is InChI=1S/C16H18N4O/c1-3-5-14(15-18-8-9-20(15)2)19-16(21)13-7-4-6-12(10-13)11-17/h4,6-10,14H,3,5H2,1-2H3,(H,19,21)/t14-/m0/s1. The summed E-state index contributed by atoms with van der Waals surface area (Å²) >= 11 is 0. The minimum absolute atomic E-state index is 0.131. The Morgan fingerprint density at radius 3 is 2.95 bits per heavy atom. The molecule has 0 saturated carbocycles. The van der Waals surface area contributed by atoms with E-state index in [9.17, 15) is 4.79 Å². The highest BCUT2D eigenvalue weighted by Gasteiger charge is 2.18. The van der Waals surface area contributed by atoms with E-state index in [1.165, 1.54) is 0 Å². The lowest BCUT2D eigenvalue weighted by molar-refractivity contribution is 0.0932. The van der Waals surface area contributed by atoms with Gasteiger partial charge in [0.2, 0.25) is 0 Å². The van der Waals surface area contributed by atoms with Crippen molar-refractivity contribution < 1.29 is 4.79 Å². The largest absolute Gasteiger partial charge is 0.342 e. The van der Waals surface area contributed by atoms with Crippen molar-refractivity contribution in [3.05, 3.63) is 53.6 Å². The maximum atomic E-state index is 12.3. The maximum absolute atomic E-state index is 12.3. The summed E-state index contributed by atoms with van der Waals surface area (Å²) in [5.74, 6) is 0.648. The third-order valence-electron chi connectivity index (χ3n) is 3.31. The number of aryl methyl sites for hydroxylation is 1. The highest BCUT2D eigenvalue weighted by Crippen LogP contribution is 2.17. The summed E-state index contributed by atoms with van der Waals surface area (Å²) in [6, 6.07) is 8.60. The monoisotopic (exact) mass is 282 g/mol. The van der Waals surface area contributed by atoms with Crippen LogP contribution in [0.1, 0.15) is 47.6 Å². The Labute approximate surface area is 124 Å². The second kappa shape index (κ2) is 6.71. The van der Waals surface area contributed by atoms with Crippen molar-refractivity contribution in [2.24, 2.45) is 7.05 Å². The topological polar surface area (TPSA) is 70.7 Å². The van der Waals surface area contributed by atoms with Gasteiger partial charge in [-0.15, -0.1) is 0 Å². The molecule has 0 fully saturated rings. The number of nitrogens with one attached hydrogen (secondary N) is 1. The molecule has 1 heterocycles. The van der Waals surface area contributed by atoms with Gasteiger partial charge < -0.3 is 9.88 Å². The fourth-order valence-corrected chi connectivity index (χ4v) is 2.24. The molecule has 108 valence electrons. The predicted octanol–water partition coefficient (Wildman–Crippen LogP) is 2.56. The van der Waals surface area contributed by atoms with Crippen molar-refractivity contribution in [2.45, 2.75) is 25.8 Å². The SMILES string of the molecule is CCC[C@H](NC(=O)c1cccc(C#N)c1)c1nccn1C. The van der Waals surface area contributed by atoms with Gasteiger partial charge in [0.1, 0.15) is 5.82 Å². The van der Waals surface area contributed by atoms with Crippen LogP contribution in [0.2, 0.25) is 0 Å². The molecular formula is C16H18N4O. The van der Waals surface area contributed by atoms with Crippen molar-refractivity contribution in [3.8, 4) is 6.07 Å². The van der Waals surface area contributed by atoms with Crippen LogP contribution in [0, 0.1) is 11.3 Å². The third kappa shape index (κ3) is 3.48. The average Bonchev–Trinajstić information content (AvgIpc) is 2.93. The van der Waals surface area contributed by atoms with Gasteiger partial charge in [0.25, 0.3) is 5.91 Å². The van der Waals surface area contributed by atoms with E-state index in [0.29, 0.717) is 11.1 Å². The molecule has 5 nitrogen and oxygen atoms in total. The summed E-state index contributed by atoms with van der Waals surface area (Å²) in [6.07, 6.45) is 5.34. The molecule has 1 atom stereocenters. The van der Waals surface area contributed by atoms with E-state index in [0.717, 1.165) is 18.7 Å². The van der Waals surface area contributed by atoms with Gasteiger partial charge in [0.05, 0.1) is 17.7 Å². The fraction of sp³-hybridized carbons (Fsp3) is 0.312. The van der Waals surface area contributed by atoms with Crippen molar-refractivity contribution in [1.82, 2.24) is 14.9 Å². The quantitative estimate of drug-likeness (QED) is 0.916. The lowest BCUT2D eigenvalue weighted by Crippen LogP contribution is -2.30. The summed E-state index contributed by atoms with van der Waals surface area (Å²) in [5.41, 5.74) is 0.969. The first kappa shape index (κ1) is 14.8. The lowest BCUT2D eigenvalue weighted by atomic mass is 10.1. The highest BCUT2D eigenvalue weighted by atomic mass is 16.1. The number of rotatable bonds is 5. The summed E-state index contributed by atoms with van der Waals surface area (Å²) in [4.78, 5) is 16.7. The number of aromatic nitrogens is 2. The van der Waals surface area contributed by atoms with Crippen LogP contribution in [0.25, 0.3) is 0 Å². The zero-order valence-electron chi connectivity index (χ0n) is 12.2. The third-order valence-corrected chi connectivity index (χ3v) is 3.31. The van der Waals surface area contributed by atoms with Gasteiger partial charge in [-0.1, -0.05) is 19.4 Å². The van der Waals surface area contributed by atoms with E-state index in [2.05, 4.69) is 17.2 Å². The number of amides is 1. The smallest absolute Gasteiger partial charge is 0.251 e. The Hall–Kier alpha value is -2.61. The Morgan fingerprint density at radius 2 is 2.33 bits per heavy atom. The van der Waals surface area contributed by atoms with Gasteiger partial charge in [0.15, 0.2) is 0 Å². The van der Waals surface area contributed by atoms with Gasteiger partial charge in [-0.3, -0.25) is 4.79 Å². The van der Waals surface area contributed by atoms with Crippen LogP contribution in [0.15, 0.2) is 36.7 Å². The number of hydrogen-bond donors (Lipinski definition) is 1. The highest BCUT2D eigenvalue weighted by molar-refractivity contribution is 5.94. The van der Waals surface area contributed by atoms with Crippen LogP contribution in [0.3, 0.4) is 0 Å².